The molecule has 2 aromatic carbocycles. The molecule has 1 nitrogen and oxygen atoms in total. The second-order valence-electron chi connectivity index (χ2n) is 5.65. The summed E-state index contributed by atoms with van der Waals surface area (Å²) in [5.74, 6) is 0. The predicted octanol–water partition coefficient (Wildman–Crippen LogP) is 5.54. The summed E-state index contributed by atoms with van der Waals surface area (Å²) in [6, 6.07) is 12.1. The van der Waals surface area contributed by atoms with Crippen LogP contribution in [0.1, 0.15) is 26.3 Å². The molecule has 0 amide bonds. The molecule has 1 aromatic heterocycles. The summed E-state index contributed by atoms with van der Waals surface area (Å²) in [6.45, 7) is 6.57. The lowest BCUT2D eigenvalue weighted by molar-refractivity contribution is 0.573. The SMILES string of the molecule is CC(C)(C)c1cccc2c1oc1cccc(Cl)c12. The van der Waals surface area contributed by atoms with Gasteiger partial charge in [0.1, 0.15) is 11.2 Å². The summed E-state index contributed by atoms with van der Waals surface area (Å²) < 4.78 is 6.01. The normalized spacial score (nSPS) is 12.4. The molecule has 0 aliphatic heterocycles. The van der Waals surface area contributed by atoms with Crippen molar-refractivity contribution in [2.24, 2.45) is 0 Å². The number of rotatable bonds is 0. The van der Waals surface area contributed by atoms with E-state index in [1.165, 1.54) is 5.56 Å². The van der Waals surface area contributed by atoms with E-state index >= 15 is 0 Å². The van der Waals surface area contributed by atoms with Gasteiger partial charge in [0, 0.05) is 16.3 Å². The second-order valence-corrected chi connectivity index (χ2v) is 6.05. The van der Waals surface area contributed by atoms with Crippen molar-refractivity contribution in [2.75, 3.05) is 0 Å². The molecule has 1 heterocycles. The van der Waals surface area contributed by atoms with Crippen molar-refractivity contribution < 1.29 is 4.42 Å². The molecule has 0 atom stereocenters. The average molecular weight is 259 g/mol. The molecule has 0 aliphatic rings. The quantitative estimate of drug-likeness (QED) is 0.516. The van der Waals surface area contributed by atoms with E-state index in [-0.39, 0.29) is 5.41 Å². The molecule has 0 saturated carbocycles. The van der Waals surface area contributed by atoms with Gasteiger partial charge in [-0.05, 0) is 17.5 Å². The van der Waals surface area contributed by atoms with Crippen LogP contribution in [0.15, 0.2) is 40.8 Å². The van der Waals surface area contributed by atoms with Gasteiger partial charge in [0.15, 0.2) is 0 Å². The molecular weight excluding hydrogens is 244 g/mol. The van der Waals surface area contributed by atoms with Crippen molar-refractivity contribution in [3.8, 4) is 0 Å². The van der Waals surface area contributed by atoms with Gasteiger partial charge in [-0.1, -0.05) is 56.6 Å². The van der Waals surface area contributed by atoms with Crippen LogP contribution in [0.5, 0.6) is 0 Å². The number of hydrogen-bond donors (Lipinski definition) is 0. The standard InChI is InChI=1S/C16H15ClO/c1-16(2,3)11-7-4-6-10-14-12(17)8-5-9-13(14)18-15(10)11/h4-9H,1-3H3. The predicted molar refractivity (Wildman–Crippen MR) is 77.4 cm³/mol. The van der Waals surface area contributed by atoms with Gasteiger partial charge >= 0.3 is 0 Å². The number of halogens is 1. The highest BCUT2D eigenvalue weighted by Crippen LogP contribution is 2.38. The first-order valence-electron chi connectivity index (χ1n) is 6.09. The Balaban J connectivity index is 2.51. The van der Waals surface area contributed by atoms with Crippen molar-refractivity contribution in [1.82, 2.24) is 0 Å². The van der Waals surface area contributed by atoms with Crippen molar-refractivity contribution in [2.45, 2.75) is 26.2 Å². The summed E-state index contributed by atoms with van der Waals surface area (Å²) in [4.78, 5) is 0. The number of benzene rings is 2. The molecule has 3 rings (SSSR count). The minimum absolute atomic E-state index is 0.0554. The van der Waals surface area contributed by atoms with E-state index < -0.39 is 0 Å². The molecular formula is C16H15ClO. The summed E-state index contributed by atoms with van der Waals surface area (Å²) >= 11 is 6.28. The molecule has 3 aromatic rings. The van der Waals surface area contributed by atoms with E-state index in [0.29, 0.717) is 0 Å². The molecule has 92 valence electrons. The first-order chi connectivity index (χ1) is 8.48. The lowest BCUT2D eigenvalue weighted by atomic mass is 9.86. The largest absolute Gasteiger partial charge is 0.456 e. The van der Waals surface area contributed by atoms with Crippen molar-refractivity contribution in [3.05, 3.63) is 47.0 Å². The molecule has 0 unspecified atom stereocenters. The van der Waals surface area contributed by atoms with Gasteiger partial charge in [-0.25, -0.2) is 0 Å². The highest BCUT2D eigenvalue weighted by Gasteiger charge is 2.20. The fraction of sp³-hybridized carbons (Fsp3) is 0.250. The molecule has 0 saturated heterocycles. The number of fused-ring (bicyclic) bond motifs is 3. The minimum atomic E-state index is 0.0554. The van der Waals surface area contributed by atoms with Crippen molar-refractivity contribution >= 4 is 33.5 Å². The number of para-hydroxylation sites is 1. The van der Waals surface area contributed by atoms with Crippen molar-refractivity contribution in [3.63, 3.8) is 0 Å². The Bertz CT molecular complexity index is 732. The number of furan rings is 1. The zero-order chi connectivity index (χ0) is 12.9. The highest BCUT2D eigenvalue weighted by atomic mass is 35.5. The maximum absolute atomic E-state index is 6.28. The van der Waals surface area contributed by atoms with Crippen LogP contribution < -0.4 is 0 Å². The second kappa shape index (κ2) is 3.76. The molecule has 0 aliphatic carbocycles. The van der Waals surface area contributed by atoms with Crippen molar-refractivity contribution in [1.29, 1.82) is 0 Å². The third kappa shape index (κ3) is 1.62. The van der Waals surface area contributed by atoms with Crippen LogP contribution in [-0.2, 0) is 5.41 Å². The lowest BCUT2D eigenvalue weighted by Gasteiger charge is -2.18. The van der Waals surface area contributed by atoms with Gasteiger partial charge in [-0.3, -0.25) is 0 Å². The van der Waals surface area contributed by atoms with Gasteiger partial charge in [-0.2, -0.15) is 0 Å². The van der Waals surface area contributed by atoms with Gasteiger partial charge < -0.3 is 4.42 Å². The fourth-order valence-corrected chi connectivity index (χ4v) is 2.66. The van der Waals surface area contributed by atoms with E-state index in [2.05, 4.69) is 39.0 Å². The van der Waals surface area contributed by atoms with E-state index in [9.17, 15) is 0 Å². The Labute approximate surface area is 111 Å². The molecule has 2 heteroatoms. The van der Waals surface area contributed by atoms with Crippen LogP contribution in [-0.4, -0.2) is 0 Å². The maximum Gasteiger partial charge on any atom is 0.139 e. The average Bonchev–Trinajstić information content (AvgIpc) is 2.66. The van der Waals surface area contributed by atoms with Gasteiger partial charge in [0.05, 0.1) is 5.02 Å². The Hall–Kier alpha value is -1.47. The van der Waals surface area contributed by atoms with Gasteiger partial charge in [0.2, 0.25) is 0 Å². The van der Waals surface area contributed by atoms with Crippen LogP contribution in [0.4, 0.5) is 0 Å². The highest BCUT2D eigenvalue weighted by molar-refractivity contribution is 6.37. The monoisotopic (exact) mass is 258 g/mol. The third-order valence-corrected chi connectivity index (χ3v) is 3.59. The Kier molecular flexibility index (Phi) is 2.43. The van der Waals surface area contributed by atoms with Gasteiger partial charge in [0.25, 0.3) is 0 Å². The fourth-order valence-electron chi connectivity index (χ4n) is 2.40. The summed E-state index contributed by atoms with van der Waals surface area (Å²) in [5, 5.41) is 2.86. The molecule has 0 radical (unpaired) electrons. The van der Waals surface area contributed by atoms with Crippen LogP contribution in [0.3, 0.4) is 0 Å². The maximum atomic E-state index is 6.28. The molecule has 0 N–H and O–H groups in total. The zero-order valence-corrected chi connectivity index (χ0v) is 11.5. The van der Waals surface area contributed by atoms with Crippen LogP contribution in [0.25, 0.3) is 21.9 Å². The number of hydrogen-bond acceptors (Lipinski definition) is 1. The summed E-state index contributed by atoms with van der Waals surface area (Å²) in [5.41, 5.74) is 3.08. The molecule has 0 bridgehead atoms. The summed E-state index contributed by atoms with van der Waals surface area (Å²) in [6.07, 6.45) is 0. The molecule has 0 spiro atoms. The first-order valence-corrected chi connectivity index (χ1v) is 6.46. The lowest BCUT2D eigenvalue weighted by Crippen LogP contribution is -2.10. The van der Waals surface area contributed by atoms with E-state index in [4.69, 9.17) is 16.0 Å². The first kappa shape index (κ1) is 11.6. The van der Waals surface area contributed by atoms with E-state index in [1.807, 2.05) is 18.2 Å². The van der Waals surface area contributed by atoms with Crippen LogP contribution >= 0.6 is 11.6 Å². The van der Waals surface area contributed by atoms with Gasteiger partial charge in [-0.15, -0.1) is 0 Å². The topological polar surface area (TPSA) is 13.1 Å². The van der Waals surface area contributed by atoms with Crippen LogP contribution in [0, 0.1) is 0 Å². The molecule has 0 fully saturated rings. The Morgan fingerprint density at radius 3 is 2.44 bits per heavy atom. The Morgan fingerprint density at radius 2 is 1.72 bits per heavy atom. The minimum Gasteiger partial charge on any atom is -0.456 e. The molecule has 18 heavy (non-hydrogen) atoms. The Morgan fingerprint density at radius 1 is 1.00 bits per heavy atom. The van der Waals surface area contributed by atoms with Crippen LogP contribution in [0.2, 0.25) is 5.02 Å². The zero-order valence-electron chi connectivity index (χ0n) is 10.8. The smallest absolute Gasteiger partial charge is 0.139 e. The summed E-state index contributed by atoms with van der Waals surface area (Å²) in [7, 11) is 0. The van der Waals surface area contributed by atoms with E-state index in [1.54, 1.807) is 0 Å². The third-order valence-electron chi connectivity index (χ3n) is 3.28. The van der Waals surface area contributed by atoms with E-state index in [0.717, 1.165) is 27.0 Å².